The molecule has 36 heavy (non-hydrogen) atoms. The van der Waals surface area contributed by atoms with E-state index in [9.17, 15) is 20.1 Å². The van der Waals surface area contributed by atoms with Gasteiger partial charge in [-0.25, -0.2) is 0 Å². The molecule has 1 amide bonds. The molecule has 1 aliphatic rings. The highest BCUT2D eigenvalue weighted by Gasteiger charge is 2.33. The van der Waals surface area contributed by atoms with Gasteiger partial charge in [0.1, 0.15) is 22.9 Å². The number of hydrogen-bond acceptors (Lipinski definition) is 5. The number of carbonyl (C=O) groups is 1. The predicted octanol–water partition coefficient (Wildman–Crippen LogP) is 7.42. The second-order valence-corrected chi connectivity index (χ2v) is 11.0. The maximum absolute atomic E-state index is 13.6. The van der Waals surface area contributed by atoms with E-state index >= 15 is 0 Å². The molecule has 0 unspecified atom stereocenters. The largest absolute Gasteiger partial charge is 0.508 e. The van der Waals surface area contributed by atoms with Crippen molar-refractivity contribution in [3.63, 3.8) is 0 Å². The van der Waals surface area contributed by atoms with Gasteiger partial charge in [0.05, 0.1) is 16.9 Å². The molecule has 3 rings (SSSR count). The van der Waals surface area contributed by atoms with Gasteiger partial charge in [-0.3, -0.25) is 4.79 Å². The zero-order chi connectivity index (χ0) is 26.6. The van der Waals surface area contributed by atoms with Crippen LogP contribution < -0.4 is 9.80 Å². The molecular weight excluding hydrogens is 452 g/mol. The van der Waals surface area contributed by atoms with Gasteiger partial charge in [-0.05, 0) is 63.5 Å². The lowest BCUT2D eigenvalue weighted by molar-refractivity contribution is 0.0990. The molecule has 0 saturated carbocycles. The summed E-state index contributed by atoms with van der Waals surface area (Å²) in [5.41, 5.74) is 4.31. The molecule has 194 valence electrons. The van der Waals surface area contributed by atoms with Crippen molar-refractivity contribution < 1.29 is 20.1 Å². The highest BCUT2D eigenvalue weighted by atomic mass is 16.3. The molecule has 0 aliphatic carbocycles. The van der Waals surface area contributed by atoms with Gasteiger partial charge in [0.15, 0.2) is 0 Å². The minimum atomic E-state index is -0.310. The van der Waals surface area contributed by atoms with Gasteiger partial charge in [0.2, 0.25) is 0 Å². The second kappa shape index (κ2) is 11.1. The van der Waals surface area contributed by atoms with Crippen molar-refractivity contribution in [2.45, 2.75) is 66.7 Å². The molecule has 6 heteroatoms. The number of hydrogen-bond donors (Lipinski definition) is 3. The Morgan fingerprint density at radius 2 is 1.64 bits per heavy atom. The van der Waals surface area contributed by atoms with Gasteiger partial charge in [-0.15, -0.1) is 0 Å². The van der Waals surface area contributed by atoms with Gasteiger partial charge >= 0.3 is 0 Å². The topological polar surface area (TPSA) is 84.2 Å². The van der Waals surface area contributed by atoms with E-state index in [1.54, 1.807) is 24.1 Å². The molecule has 1 heterocycles. The minimum absolute atomic E-state index is 0.0556. The van der Waals surface area contributed by atoms with Crippen LogP contribution in [0.3, 0.4) is 0 Å². The summed E-state index contributed by atoms with van der Waals surface area (Å²) in [4.78, 5) is 16.7. The number of allylic oxidation sites excluding steroid dienone is 3. The van der Waals surface area contributed by atoms with E-state index in [4.69, 9.17) is 0 Å². The summed E-state index contributed by atoms with van der Waals surface area (Å²) in [6.07, 6.45) is 9.66. The molecule has 1 aliphatic heterocycles. The van der Waals surface area contributed by atoms with Crippen LogP contribution in [0, 0.1) is 5.41 Å². The van der Waals surface area contributed by atoms with Crippen molar-refractivity contribution >= 4 is 23.0 Å². The van der Waals surface area contributed by atoms with Crippen LogP contribution in [-0.4, -0.2) is 34.8 Å². The highest BCUT2D eigenvalue weighted by Crippen LogP contribution is 2.49. The molecular formula is C30H40N2O4. The van der Waals surface area contributed by atoms with Gasteiger partial charge in [0.25, 0.3) is 5.91 Å². The third-order valence-corrected chi connectivity index (χ3v) is 6.66. The lowest BCUT2D eigenvalue weighted by atomic mass is 9.89. The first kappa shape index (κ1) is 27.2. The fourth-order valence-electron chi connectivity index (χ4n) is 4.64. The number of anilines is 3. The Morgan fingerprint density at radius 1 is 0.944 bits per heavy atom. The summed E-state index contributed by atoms with van der Waals surface area (Å²) in [5, 5.41) is 31.4. The zero-order valence-corrected chi connectivity index (χ0v) is 22.4. The quantitative estimate of drug-likeness (QED) is 0.334. The summed E-state index contributed by atoms with van der Waals surface area (Å²) < 4.78 is 0. The van der Waals surface area contributed by atoms with Crippen LogP contribution >= 0.6 is 0 Å². The molecule has 6 nitrogen and oxygen atoms in total. The van der Waals surface area contributed by atoms with Crippen LogP contribution in [0.1, 0.15) is 77.1 Å². The van der Waals surface area contributed by atoms with Crippen LogP contribution in [-0.2, 0) is 0 Å². The van der Waals surface area contributed by atoms with Crippen LogP contribution in [0.15, 0.2) is 53.6 Å². The molecule has 2 aromatic rings. The summed E-state index contributed by atoms with van der Waals surface area (Å²) >= 11 is 0. The number of phenols is 3. The average Bonchev–Trinajstić information content (AvgIpc) is 2.85. The maximum Gasteiger partial charge on any atom is 0.260 e. The Hall–Kier alpha value is -3.41. The normalized spacial score (nSPS) is 14.6. The predicted molar refractivity (Wildman–Crippen MR) is 148 cm³/mol. The lowest BCUT2D eigenvalue weighted by Crippen LogP contribution is -2.30. The summed E-state index contributed by atoms with van der Waals surface area (Å²) in [6.45, 7) is 11.3. The number of benzene rings is 2. The zero-order valence-electron chi connectivity index (χ0n) is 22.4. The molecule has 3 N–H and O–H groups in total. The number of nitrogens with zero attached hydrogens (tertiary/aromatic N) is 2. The Kier molecular flexibility index (Phi) is 8.39. The first-order valence-electron chi connectivity index (χ1n) is 12.6. The molecule has 0 atom stereocenters. The van der Waals surface area contributed by atoms with E-state index in [1.807, 2.05) is 6.08 Å². The van der Waals surface area contributed by atoms with E-state index in [0.717, 1.165) is 24.8 Å². The van der Waals surface area contributed by atoms with Crippen molar-refractivity contribution in [1.29, 1.82) is 0 Å². The van der Waals surface area contributed by atoms with Crippen molar-refractivity contribution in [2.24, 2.45) is 5.41 Å². The van der Waals surface area contributed by atoms with Crippen LogP contribution in [0.25, 0.3) is 0 Å². The van der Waals surface area contributed by atoms with Crippen LogP contribution in [0.5, 0.6) is 17.2 Å². The third-order valence-electron chi connectivity index (χ3n) is 6.66. The fourth-order valence-corrected chi connectivity index (χ4v) is 4.64. The molecule has 0 spiro atoms. The number of amides is 1. The molecule has 0 fully saturated rings. The van der Waals surface area contributed by atoms with Crippen molar-refractivity contribution in [3.8, 4) is 17.2 Å². The molecule has 0 saturated heterocycles. The third kappa shape index (κ3) is 6.42. The lowest BCUT2D eigenvalue weighted by Gasteiger charge is -2.25. The molecule has 0 bridgehead atoms. The van der Waals surface area contributed by atoms with E-state index in [0.29, 0.717) is 28.0 Å². The number of rotatable bonds is 8. The van der Waals surface area contributed by atoms with Gasteiger partial charge in [-0.2, -0.15) is 0 Å². The van der Waals surface area contributed by atoms with Crippen molar-refractivity contribution in [3.05, 3.63) is 59.2 Å². The van der Waals surface area contributed by atoms with Crippen LogP contribution in [0.2, 0.25) is 0 Å². The Morgan fingerprint density at radius 3 is 2.33 bits per heavy atom. The van der Waals surface area contributed by atoms with Gasteiger partial charge in [0, 0.05) is 25.7 Å². The Balaban J connectivity index is 1.80. The number of carbonyl (C=O) groups excluding carboxylic acids is 1. The summed E-state index contributed by atoms with van der Waals surface area (Å²) in [6, 6.07) is 7.51. The van der Waals surface area contributed by atoms with Crippen molar-refractivity contribution in [2.75, 3.05) is 23.4 Å². The molecule has 0 aromatic heterocycles. The molecule has 0 radical (unpaired) electrons. The Labute approximate surface area is 215 Å². The van der Waals surface area contributed by atoms with Gasteiger partial charge < -0.3 is 25.1 Å². The number of phenolic OH excluding ortho intramolecular Hbond substituents is 3. The maximum atomic E-state index is 13.6. The second-order valence-electron chi connectivity index (χ2n) is 11.0. The first-order valence-corrected chi connectivity index (χ1v) is 12.6. The van der Waals surface area contributed by atoms with Crippen LogP contribution in [0.4, 0.5) is 17.1 Å². The average molecular weight is 493 g/mol. The van der Waals surface area contributed by atoms with E-state index in [1.165, 1.54) is 41.5 Å². The number of fused-ring (bicyclic) bond motifs is 2. The standard InChI is InChI=1S/C30H40N2O4/c1-20(12-9-16-30(3,4)5)10-7-11-21(2)15-17-32-24-18-22(33)19-26(35)28(24)31(6)27-23(29(32)36)13-8-14-25(27)34/h8,10,13-15,18-19,33-35H,7,9,11-12,16-17H2,1-6H3/b20-10+,21-15+. The monoisotopic (exact) mass is 492 g/mol. The number of aromatic hydroxyl groups is 3. The summed E-state index contributed by atoms with van der Waals surface area (Å²) in [5.74, 6) is -0.676. The molecule has 2 aromatic carbocycles. The first-order chi connectivity index (χ1) is 16.9. The SMILES string of the molecule is C/C(=C\CN1C(=O)c2cccc(O)c2N(C)c2c(O)cc(O)cc21)CC/C=C(\C)CCCC(C)(C)C. The number of para-hydroxylation sites is 1. The van der Waals surface area contributed by atoms with Gasteiger partial charge in [-0.1, -0.05) is 50.1 Å². The fraction of sp³-hybridized carbons (Fsp3) is 0.433. The van der Waals surface area contributed by atoms with E-state index in [2.05, 4.69) is 40.7 Å². The van der Waals surface area contributed by atoms with Crippen molar-refractivity contribution in [1.82, 2.24) is 0 Å². The van der Waals surface area contributed by atoms with E-state index in [-0.39, 0.29) is 29.7 Å². The van der Waals surface area contributed by atoms with E-state index < -0.39 is 0 Å². The Bertz CT molecular complexity index is 1170. The highest BCUT2D eigenvalue weighted by molar-refractivity contribution is 6.15. The minimum Gasteiger partial charge on any atom is -0.508 e. The smallest absolute Gasteiger partial charge is 0.260 e. The summed E-state index contributed by atoms with van der Waals surface area (Å²) in [7, 11) is 1.68.